The second-order valence-corrected chi connectivity index (χ2v) is 9.76. The first-order valence-electron chi connectivity index (χ1n) is 10.5. The van der Waals surface area contributed by atoms with E-state index in [-0.39, 0.29) is 22.5 Å². The summed E-state index contributed by atoms with van der Waals surface area (Å²) in [4.78, 5) is 22.9. The van der Waals surface area contributed by atoms with Crippen molar-refractivity contribution in [3.05, 3.63) is 0 Å². The molecule has 1 aliphatic carbocycles. The van der Waals surface area contributed by atoms with Gasteiger partial charge in [-0.15, -0.1) is 0 Å². The predicted molar refractivity (Wildman–Crippen MR) is 107 cm³/mol. The van der Waals surface area contributed by atoms with E-state index >= 15 is 0 Å². The third kappa shape index (κ3) is 10.9. The lowest BCUT2D eigenvalue weighted by Crippen LogP contribution is -2.38. The monoisotopic (exact) mass is 367 g/mol. The summed E-state index contributed by atoms with van der Waals surface area (Å²) < 4.78 is 6.26. The summed E-state index contributed by atoms with van der Waals surface area (Å²) in [6, 6.07) is 0. The van der Waals surface area contributed by atoms with Crippen LogP contribution < -0.4 is 5.32 Å². The van der Waals surface area contributed by atoms with Crippen LogP contribution in [0.2, 0.25) is 0 Å². The third-order valence-electron chi connectivity index (χ3n) is 5.17. The second-order valence-electron chi connectivity index (χ2n) is 9.76. The van der Waals surface area contributed by atoms with Crippen LogP contribution in [0.5, 0.6) is 0 Å². The first-order chi connectivity index (χ1) is 12.1. The molecule has 0 saturated heterocycles. The molecular formula is C22H41NO3. The Morgan fingerprint density at radius 2 is 1.58 bits per heavy atom. The third-order valence-corrected chi connectivity index (χ3v) is 5.17. The average Bonchev–Trinajstić information content (AvgIpc) is 2.79. The van der Waals surface area contributed by atoms with E-state index in [1.807, 2.05) is 0 Å². The van der Waals surface area contributed by atoms with Gasteiger partial charge in [-0.1, -0.05) is 53.4 Å². The van der Waals surface area contributed by atoms with Crippen LogP contribution >= 0.6 is 0 Å². The van der Waals surface area contributed by atoms with E-state index in [9.17, 15) is 9.59 Å². The van der Waals surface area contributed by atoms with Crippen LogP contribution in [0.25, 0.3) is 0 Å². The van der Waals surface area contributed by atoms with Gasteiger partial charge in [-0.2, -0.15) is 0 Å². The normalized spacial score (nSPS) is 17.0. The fourth-order valence-corrected chi connectivity index (χ4v) is 4.09. The Labute approximate surface area is 160 Å². The highest BCUT2D eigenvalue weighted by Crippen LogP contribution is 2.34. The van der Waals surface area contributed by atoms with Crippen molar-refractivity contribution in [3.63, 3.8) is 0 Å². The van der Waals surface area contributed by atoms with E-state index in [4.69, 9.17) is 4.74 Å². The van der Waals surface area contributed by atoms with Crippen molar-refractivity contribution in [1.82, 2.24) is 5.32 Å². The molecule has 152 valence electrons. The first-order valence-corrected chi connectivity index (χ1v) is 10.5. The van der Waals surface area contributed by atoms with Gasteiger partial charge >= 0.3 is 0 Å². The molecule has 0 spiro atoms. The van der Waals surface area contributed by atoms with Gasteiger partial charge < -0.3 is 14.8 Å². The lowest BCUT2D eigenvalue weighted by atomic mass is 9.75. The molecule has 4 heteroatoms. The molecule has 0 aromatic heterocycles. The Hall–Kier alpha value is -0.900. The molecule has 4 nitrogen and oxygen atoms in total. The van der Waals surface area contributed by atoms with Crippen molar-refractivity contribution in [1.29, 1.82) is 0 Å². The van der Waals surface area contributed by atoms with Crippen LogP contribution in [0.4, 0.5) is 0 Å². The minimum atomic E-state index is 0.0204. The van der Waals surface area contributed by atoms with E-state index in [0.29, 0.717) is 31.9 Å². The van der Waals surface area contributed by atoms with Crippen LogP contribution in [0.15, 0.2) is 0 Å². The zero-order valence-corrected chi connectivity index (χ0v) is 17.8. The summed E-state index contributed by atoms with van der Waals surface area (Å²) in [6.45, 7) is 12.0. The van der Waals surface area contributed by atoms with Gasteiger partial charge in [0, 0.05) is 19.4 Å². The van der Waals surface area contributed by atoms with Gasteiger partial charge in [0.05, 0.1) is 12.7 Å². The topological polar surface area (TPSA) is 55.4 Å². The molecule has 0 unspecified atom stereocenters. The maximum Gasteiger partial charge on any atom is 0.220 e. The van der Waals surface area contributed by atoms with Crippen LogP contribution in [0, 0.1) is 10.8 Å². The predicted octanol–water partition coefficient (Wildman–Crippen LogP) is 5.04. The Bertz CT molecular complexity index is 435. The molecule has 1 aliphatic rings. The van der Waals surface area contributed by atoms with Gasteiger partial charge in [-0.3, -0.25) is 4.79 Å². The van der Waals surface area contributed by atoms with Crippen LogP contribution in [-0.4, -0.2) is 30.9 Å². The van der Waals surface area contributed by atoms with Gasteiger partial charge in [-0.25, -0.2) is 0 Å². The summed E-state index contributed by atoms with van der Waals surface area (Å²) in [5.74, 6) is 0.195. The Balaban J connectivity index is 2.33. The molecule has 0 aromatic rings. The SMILES string of the molecule is CC(=O)CCCC(=O)NCC(C)(C)CC(C)(C)COC1CCCCCC1. The molecule has 0 bridgehead atoms. The summed E-state index contributed by atoms with van der Waals surface area (Å²) in [5, 5.41) is 3.04. The van der Waals surface area contributed by atoms with Crippen LogP contribution in [0.1, 0.15) is 98.8 Å². The molecule has 0 aliphatic heterocycles. The Morgan fingerprint density at radius 3 is 2.15 bits per heavy atom. The molecule has 1 saturated carbocycles. The van der Waals surface area contributed by atoms with Crippen molar-refractivity contribution in [3.8, 4) is 0 Å². The number of Topliss-reactive ketones (excluding diaryl/α,β-unsaturated/α-hetero) is 1. The number of carbonyl (C=O) groups excluding carboxylic acids is 2. The molecule has 0 heterocycles. The highest BCUT2D eigenvalue weighted by atomic mass is 16.5. The number of ether oxygens (including phenoxy) is 1. The van der Waals surface area contributed by atoms with E-state index in [2.05, 4.69) is 33.0 Å². The molecule has 1 fully saturated rings. The number of rotatable bonds is 11. The minimum Gasteiger partial charge on any atom is -0.378 e. The van der Waals surface area contributed by atoms with E-state index in [1.165, 1.54) is 38.5 Å². The number of nitrogens with one attached hydrogen (secondary N) is 1. The summed E-state index contributed by atoms with van der Waals surface area (Å²) in [6.07, 6.45) is 10.7. The molecule has 1 rings (SSSR count). The molecule has 1 N–H and O–H groups in total. The molecule has 0 atom stereocenters. The molecule has 0 aromatic carbocycles. The molecule has 1 amide bonds. The molecular weight excluding hydrogens is 326 g/mol. The largest absolute Gasteiger partial charge is 0.378 e. The van der Waals surface area contributed by atoms with Gasteiger partial charge in [0.1, 0.15) is 5.78 Å². The van der Waals surface area contributed by atoms with E-state index < -0.39 is 0 Å². The van der Waals surface area contributed by atoms with Crippen LogP contribution in [0.3, 0.4) is 0 Å². The zero-order valence-electron chi connectivity index (χ0n) is 17.8. The van der Waals surface area contributed by atoms with Crippen molar-refractivity contribution in [2.45, 2.75) is 105 Å². The molecule has 26 heavy (non-hydrogen) atoms. The highest BCUT2D eigenvalue weighted by molar-refractivity contribution is 5.78. The van der Waals surface area contributed by atoms with Gasteiger partial charge in [0.2, 0.25) is 5.91 Å². The van der Waals surface area contributed by atoms with Gasteiger partial charge in [0.15, 0.2) is 0 Å². The number of ketones is 1. The van der Waals surface area contributed by atoms with E-state index in [0.717, 1.165) is 13.0 Å². The minimum absolute atomic E-state index is 0.0204. The smallest absolute Gasteiger partial charge is 0.220 e. The average molecular weight is 368 g/mol. The fourth-order valence-electron chi connectivity index (χ4n) is 4.09. The highest BCUT2D eigenvalue weighted by Gasteiger charge is 2.30. The van der Waals surface area contributed by atoms with Crippen molar-refractivity contribution in [2.24, 2.45) is 10.8 Å². The maximum absolute atomic E-state index is 12.0. The van der Waals surface area contributed by atoms with Crippen molar-refractivity contribution >= 4 is 11.7 Å². The van der Waals surface area contributed by atoms with Gasteiger partial charge in [0.25, 0.3) is 0 Å². The lowest BCUT2D eigenvalue weighted by Gasteiger charge is -2.36. The number of hydrogen-bond acceptors (Lipinski definition) is 3. The van der Waals surface area contributed by atoms with Crippen molar-refractivity contribution in [2.75, 3.05) is 13.2 Å². The Morgan fingerprint density at radius 1 is 0.962 bits per heavy atom. The summed E-state index contributed by atoms with van der Waals surface area (Å²) in [5.41, 5.74) is 0.113. The quantitative estimate of drug-likeness (QED) is 0.520. The van der Waals surface area contributed by atoms with Crippen LogP contribution in [-0.2, 0) is 14.3 Å². The summed E-state index contributed by atoms with van der Waals surface area (Å²) in [7, 11) is 0. The molecule has 0 radical (unpaired) electrons. The fraction of sp³-hybridized carbons (Fsp3) is 0.909. The zero-order chi connectivity index (χ0) is 19.6. The maximum atomic E-state index is 12.0. The summed E-state index contributed by atoms with van der Waals surface area (Å²) >= 11 is 0. The first kappa shape index (κ1) is 23.1. The lowest BCUT2D eigenvalue weighted by molar-refractivity contribution is -0.122. The standard InChI is InChI=1S/C22H41NO3/c1-18(24)11-10-14-20(25)23-16-21(2,3)15-22(4,5)17-26-19-12-8-6-7-9-13-19/h19H,6-17H2,1-5H3,(H,23,25). The number of amides is 1. The second kappa shape index (κ2) is 11.1. The van der Waals surface area contributed by atoms with Gasteiger partial charge in [-0.05, 0) is 43.4 Å². The van der Waals surface area contributed by atoms with Crippen molar-refractivity contribution < 1.29 is 14.3 Å². The Kier molecular flexibility index (Phi) is 9.84. The number of hydrogen-bond donors (Lipinski definition) is 1. The number of carbonyl (C=O) groups is 2. The van der Waals surface area contributed by atoms with E-state index in [1.54, 1.807) is 6.92 Å².